The number of H-pyrrole nitrogens is 1. The van der Waals surface area contributed by atoms with Crippen molar-refractivity contribution in [2.45, 2.75) is 25.6 Å². The Kier molecular flexibility index (Phi) is 5.60. The van der Waals surface area contributed by atoms with E-state index in [2.05, 4.69) is 15.3 Å². The lowest BCUT2D eigenvalue weighted by atomic mass is 10.1. The molecule has 12 heteroatoms. The van der Waals surface area contributed by atoms with E-state index in [0.717, 1.165) is 0 Å². The number of nitro groups is 1. The molecule has 1 unspecified atom stereocenters. The Morgan fingerprint density at radius 3 is 2.69 bits per heavy atom. The highest BCUT2D eigenvalue weighted by Gasteiger charge is 2.20. The van der Waals surface area contributed by atoms with E-state index >= 15 is 0 Å². The molecule has 4 aromatic rings. The summed E-state index contributed by atoms with van der Waals surface area (Å²) in [6.07, 6.45) is 0.788. The molecule has 0 aliphatic rings. The summed E-state index contributed by atoms with van der Waals surface area (Å²) in [4.78, 5) is 41.5. The minimum absolute atomic E-state index is 0.00470. The van der Waals surface area contributed by atoms with Crippen molar-refractivity contribution in [3.63, 3.8) is 0 Å². The molecule has 0 radical (unpaired) electrons. The molecule has 1 aromatic carbocycles. The van der Waals surface area contributed by atoms with Gasteiger partial charge in [0.15, 0.2) is 11.2 Å². The first-order valence-electron chi connectivity index (χ1n) is 9.70. The molecule has 0 amide bonds. The summed E-state index contributed by atoms with van der Waals surface area (Å²) in [6, 6.07) is 9.38. The highest BCUT2D eigenvalue weighted by molar-refractivity contribution is 5.74. The van der Waals surface area contributed by atoms with E-state index < -0.39 is 22.3 Å². The van der Waals surface area contributed by atoms with Crippen molar-refractivity contribution in [1.82, 2.24) is 19.1 Å². The number of fused-ring (bicyclic) bond motifs is 1. The van der Waals surface area contributed by atoms with Crippen molar-refractivity contribution in [1.29, 1.82) is 0 Å². The fourth-order valence-electron chi connectivity index (χ4n) is 3.43. The number of aryl methyl sites for hydroxylation is 1. The van der Waals surface area contributed by atoms with Crippen molar-refractivity contribution in [2.75, 3.05) is 5.32 Å². The summed E-state index contributed by atoms with van der Waals surface area (Å²) in [5.41, 5.74) is -0.264. The molecule has 0 bridgehead atoms. The van der Waals surface area contributed by atoms with Crippen LogP contribution in [0.1, 0.15) is 11.3 Å². The Balaban J connectivity index is 1.65. The van der Waals surface area contributed by atoms with Crippen molar-refractivity contribution >= 4 is 22.8 Å². The first kappa shape index (κ1) is 21.1. The lowest BCUT2D eigenvalue weighted by Crippen LogP contribution is -2.30. The van der Waals surface area contributed by atoms with Crippen LogP contribution in [0.15, 0.2) is 56.7 Å². The quantitative estimate of drug-likeness (QED) is 0.271. The van der Waals surface area contributed by atoms with Crippen LogP contribution >= 0.6 is 0 Å². The normalized spacial score (nSPS) is 12.2. The molecule has 0 aliphatic carbocycles. The molecule has 32 heavy (non-hydrogen) atoms. The van der Waals surface area contributed by atoms with Gasteiger partial charge in [0.2, 0.25) is 5.95 Å². The number of furan rings is 1. The monoisotopic (exact) mass is 440 g/mol. The number of non-ortho nitro benzene ring substituents is 1. The maximum absolute atomic E-state index is 12.5. The van der Waals surface area contributed by atoms with E-state index in [1.807, 2.05) is 0 Å². The average Bonchev–Trinajstić information content (AvgIpc) is 3.39. The molecule has 0 saturated heterocycles. The van der Waals surface area contributed by atoms with Gasteiger partial charge in [0, 0.05) is 25.6 Å². The summed E-state index contributed by atoms with van der Waals surface area (Å²) in [7, 11) is 1.49. The standard InChI is InChI=1S/C20H20N6O6/c1-24-17-16(18(28)23-20(24)29)25(19(22-17)21-10-15-3-2-8-32-15)11-14(27)9-12-4-6-13(7-5-12)26(30)31/h2-8,14,27H,9-11H2,1H3,(H,21,22)(H,23,28,29). The molecule has 4 rings (SSSR count). The minimum Gasteiger partial charge on any atom is -0.467 e. The van der Waals surface area contributed by atoms with Crippen molar-refractivity contribution < 1.29 is 14.4 Å². The van der Waals surface area contributed by atoms with Crippen LogP contribution in [0.3, 0.4) is 0 Å². The number of nitro benzene ring substituents is 1. The number of nitrogens with zero attached hydrogens (tertiary/aromatic N) is 4. The van der Waals surface area contributed by atoms with Crippen molar-refractivity contribution in [3.8, 4) is 0 Å². The number of aliphatic hydroxyl groups is 1. The first-order chi connectivity index (χ1) is 15.3. The molecule has 1 atom stereocenters. The SMILES string of the molecule is Cn1c(=O)[nH]c(=O)c2c1nc(NCc1ccco1)n2CC(O)Cc1ccc([N+](=O)[O-])cc1. The molecule has 0 fully saturated rings. The van der Waals surface area contributed by atoms with Gasteiger partial charge in [-0.2, -0.15) is 4.98 Å². The minimum atomic E-state index is -0.936. The molecular weight excluding hydrogens is 420 g/mol. The lowest BCUT2D eigenvalue weighted by Gasteiger charge is -2.15. The Morgan fingerprint density at radius 1 is 1.28 bits per heavy atom. The number of nitrogens with one attached hydrogen (secondary N) is 2. The van der Waals surface area contributed by atoms with Crippen LogP contribution in [-0.4, -0.2) is 35.2 Å². The largest absolute Gasteiger partial charge is 0.467 e. The van der Waals surface area contributed by atoms with Crippen LogP contribution in [0.25, 0.3) is 11.2 Å². The van der Waals surface area contributed by atoms with E-state index in [4.69, 9.17) is 4.42 Å². The first-order valence-corrected chi connectivity index (χ1v) is 9.70. The predicted molar refractivity (Wildman–Crippen MR) is 114 cm³/mol. The molecule has 0 saturated carbocycles. The predicted octanol–water partition coefficient (Wildman–Crippen LogP) is 1.14. The van der Waals surface area contributed by atoms with Crippen LogP contribution < -0.4 is 16.6 Å². The lowest BCUT2D eigenvalue weighted by molar-refractivity contribution is -0.384. The fraction of sp³-hybridized carbons (Fsp3) is 0.250. The third-order valence-electron chi connectivity index (χ3n) is 5.02. The second kappa shape index (κ2) is 8.51. The Morgan fingerprint density at radius 2 is 2.03 bits per heavy atom. The number of imidazole rings is 1. The highest BCUT2D eigenvalue weighted by atomic mass is 16.6. The van der Waals surface area contributed by atoms with Gasteiger partial charge in [0.1, 0.15) is 5.76 Å². The van der Waals surface area contributed by atoms with Gasteiger partial charge >= 0.3 is 5.69 Å². The smallest absolute Gasteiger partial charge is 0.329 e. The molecule has 0 spiro atoms. The van der Waals surface area contributed by atoms with Crippen LogP contribution in [0.2, 0.25) is 0 Å². The van der Waals surface area contributed by atoms with Crippen LogP contribution in [0.5, 0.6) is 0 Å². The second-order valence-corrected chi connectivity index (χ2v) is 7.25. The van der Waals surface area contributed by atoms with Crippen molar-refractivity contribution in [2.24, 2.45) is 7.05 Å². The molecule has 166 valence electrons. The highest BCUT2D eigenvalue weighted by Crippen LogP contribution is 2.19. The number of hydrogen-bond acceptors (Lipinski definition) is 8. The zero-order valence-electron chi connectivity index (χ0n) is 17.0. The van der Waals surface area contributed by atoms with E-state index in [-0.39, 0.29) is 42.3 Å². The number of anilines is 1. The van der Waals surface area contributed by atoms with Gasteiger partial charge in [-0.25, -0.2) is 4.79 Å². The second-order valence-electron chi connectivity index (χ2n) is 7.25. The van der Waals surface area contributed by atoms with E-state index in [1.165, 1.54) is 34.6 Å². The maximum Gasteiger partial charge on any atom is 0.329 e. The van der Waals surface area contributed by atoms with E-state index in [1.54, 1.807) is 24.3 Å². The number of aromatic amines is 1. The van der Waals surface area contributed by atoms with E-state index in [0.29, 0.717) is 11.3 Å². The van der Waals surface area contributed by atoms with Crippen LogP contribution in [0.4, 0.5) is 11.6 Å². The van der Waals surface area contributed by atoms with Gasteiger partial charge in [-0.15, -0.1) is 0 Å². The van der Waals surface area contributed by atoms with Gasteiger partial charge in [-0.05, 0) is 17.7 Å². The average molecular weight is 440 g/mol. The summed E-state index contributed by atoms with van der Waals surface area (Å²) < 4.78 is 8.03. The van der Waals surface area contributed by atoms with Crippen LogP contribution in [-0.2, 0) is 26.6 Å². The van der Waals surface area contributed by atoms with Gasteiger partial charge in [0.05, 0.1) is 30.4 Å². The number of benzene rings is 1. The number of aromatic nitrogens is 4. The zero-order valence-corrected chi connectivity index (χ0v) is 17.0. The Hall–Kier alpha value is -4.19. The number of hydrogen-bond donors (Lipinski definition) is 3. The van der Waals surface area contributed by atoms with Gasteiger partial charge in [-0.1, -0.05) is 12.1 Å². The molecule has 3 heterocycles. The Labute approximate surface area is 179 Å². The summed E-state index contributed by atoms with van der Waals surface area (Å²) in [5, 5.41) is 24.6. The topological polar surface area (TPSA) is 161 Å². The summed E-state index contributed by atoms with van der Waals surface area (Å²) >= 11 is 0. The van der Waals surface area contributed by atoms with Crippen molar-refractivity contribution in [3.05, 3.63) is 84.9 Å². The number of aliphatic hydroxyl groups excluding tert-OH is 1. The summed E-state index contributed by atoms with van der Waals surface area (Å²) in [5.74, 6) is 0.920. The fourth-order valence-corrected chi connectivity index (χ4v) is 3.43. The molecule has 0 aliphatic heterocycles. The molecule has 12 nitrogen and oxygen atoms in total. The Bertz CT molecular complexity index is 1370. The van der Waals surface area contributed by atoms with Gasteiger partial charge < -0.3 is 19.4 Å². The molecule has 3 N–H and O–H groups in total. The third-order valence-corrected chi connectivity index (χ3v) is 5.02. The van der Waals surface area contributed by atoms with Gasteiger partial charge in [0.25, 0.3) is 11.2 Å². The molecule has 3 aromatic heterocycles. The maximum atomic E-state index is 12.5. The third kappa shape index (κ3) is 4.16. The zero-order chi connectivity index (χ0) is 22.8. The van der Waals surface area contributed by atoms with E-state index in [9.17, 15) is 24.8 Å². The molecular formula is C20H20N6O6. The summed E-state index contributed by atoms with van der Waals surface area (Å²) in [6.45, 7) is 0.274. The number of rotatable bonds is 8. The van der Waals surface area contributed by atoms with Crippen LogP contribution in [0, 0.1) is 10.1 Å². The van der Waals surface area contributed by atoms with Gasteiger partial charge in [-0.3, -0.25) is 24.5 Å².